The number of pyridine rings is 1. The Bertz CT molecular complexity index is 1730. The Balaban J connectivity index is 1.39. The van der Waals surface area contributed by atoms with E-state index in [1.54, 1.807) is 92.0 Å². The number of nitrogens with two attached hydrogens (primary N) is 1. The fourth-order valence-corrected chi connectivity index (χ4v) is 5.17. The van der Waals surface area contributed by atoms with Crippen LogP contribution >= 0.6 is 0 Å². The molecule has 0 saturated heterocycles. The van der Waals surface area contributed by atoms with Crippen molar-refractivity contribution in [3.05, 3.63) is 114 Å². The third-order valence-electron chi connectivity index (χ3n) is 6.52. The molecule has 0 bridgehead atoms. The van der Waals surface area contributed by atoms with Crippen LogP contribution in [0.3, 0.4) is 0 Å². The molecule has 0 saturated carbocycles. The second-order valence-corrected chi connectivity index (χ2v) is 11.4. The summed E-state index contributed by atoms with van der Waals surface area (Å²) in [5.74, 6) is 0.130. The van der Waals surface area contributed by atoms with Crippen LogP contribution in [0.2, 0.25) is 0 Å². The number of aromatic nitrogens is 1. The van der Waals surface area contributed by atoms with E-state index in [9.17, 15) is 18.0 Å². The first-order chi connectivity index (χ1) is 21.0. The standard InChI is InChI=1S/C32H33N5O6S/c1-3-19-37(32(39)43-26-16-14-24(15-17-26)27-11-4-5-13-29(27)44(34,40)41)21-23-9-8-10-25(20-23)30(33)36-31(38)42-22(2)28-12-6-7-18-35-28/h4-18,20,22H,3,19,21H2,1-2H3,(H2,33,36,38)(H2,34,40,41). The van der Waals surface area contributed by atoms with Crippen LogP contribution in [0, 0.1) is 5.41 Å². The fraction of sp³-hybridized carbons (Fsp3) is 0.188. The van der Waals surface area contributed by atoms with Crippen LogP contribution in [-0.2, 0) is 21.3 Å². The Morgan fingerprint density at radius 3 is 2.41 bits per heavy atom. The number of hydrogen-bond acceptors (Lipinski definition) is 8. The molecular weight excluding hydrogens is 582 g/mol. The molecule has 0 spiro atoms. The molecule has 0 aliphatic carbocycles. The first-order valence-corrected chi connectivity index (χ1v) is 15.3. The minimum absolute atomic E-state index is 0.000289. The Kier molecular flexibility index (Phi) is 10.4. The van der Waals surface area contributed by atoms with E-state index in [0.717, 1.165) is 5.56 Å². The monoisotopic (exact) mass is 615 g/mol. The van der Waals surface area contributed by atoms with Gasteiger partial charge in [-0.1, -0.05) is 61.5 Å². The van der Waals surface area contributed by atoms with Crippen LogP contribution < -0.4 is 15.2 Å². The highest BCUT2D eigenvalue weighted by Crippen LogP contribution is 2.28. The Labute approximate surface area is 256 Å². The fourth-order valence-electron chi connectivity index (χ4n) is 4.41. The van der Waals surface area contributed by atoms with Crippen molar-refractivity contribution in [1.29, 1.82) is 5.41 Å². The molecule has 12 heteroatoms. The van der Waals surface area contributed by atoms with E-state index in [1.807, 2.05) is 13.0 Å². The quantitative estimate of drug-likeness (QED) is 0.154. The highest BCUT2D eigenvalue weighted by molar-refractivity contribution is 7.89. The smallest absolute Gasteiger partial charge is 0.415 e. The second kappa shape index (κ2) is 14.4. The van der Waals surface area contributed by atoms with Crippen molar-refractivity contribution in [1.82, 2.24) is 15.2 Å². The number of primary sulfonamides is 1. The number of hydrogen-bond donors (Lipinski definition) is 3. The minimum Gasteiger partial charge on any atom is -0.440 e. The van der Waals surface area contributed by atoms with Gasteiger partial charge in [0.15, 0.2) is 0 Å². The maximum atomic E-state index is 13.1. The van der Waals surface area contributed by atoms with Gasteiger partial charge in [0, 0.05) is 30.4 Å². The normalized spacial score (nSPS) is 11.7. The number of amides is 2. The molecule has 4 aromatic rings. The molecule has 1 aromatic heterocycles. The highest BCUT2D eigenvalue weighted by Gasteiger charge is 2.19. The topological polar surface area (TPSA) is 165 Å². The Morgan fingerprint density at radius 2 is 1.73 bits per heavy atom. The van der Waals surface area contributed by atoms with Crippen LogP contribution in [0.1, 0.15) is 43.2 Å². The number of alkyl carbamates (subject to hydrolysis) is 1. The van der Waals surface area contributed by atoms with E-state index in [-0.39, 0.29) is 23.0 Å². The maximum absolute atomic E-state index is 13.1. The molecule has 0 fully saturated rings. The summed E-state index contributed by atoms with van der Waals surface area (Å²) in [6.45, 7) is 4.24. The predicted molar refractivity (Wildman–Crippen MR) is 166 cm³/mol. The van der Waals surface area contributed by atoms with Crippen LogP contribution in [0.25, 0.3) is 11.1 Å². The SMILES string of the molecule is CCCN(Cc1cccc(C(=N)NC(=O)OC(C)c2ccccn2)c1)C(=O)Oc1ccc(-c2ccccc2S(N)(=O)=O)cc1. The summed E-state index contributed by atoms with van der Waals surface area (Å²) in [5.41, 5.74) is 2.79. The first-order valence-electron chi connectivity index (χ1n) is 13.8. The molecule has 3 aromatic carbocycles. The van der Waals surface area contributed by atoms with E-state index in [4.69, 9.17) is 20.0 Å². The van der Waals surface area contributed by atoms with Gasteiger partial charge in [0.2, 0.25) is 10.0 Å². The van der Waals surface area contributed by atoms with Crippen molar-refractivity contribution in [3.8, 4) is 16.9 Å². The number of nitrogens with one attached hydrogen (secondary N) is 2. The summed E-state index contributed by atoms with van der Waals surface area (Å²) in [6.07, 6.45) is 0.325. The Hall–Kier alpha value is -5.07. The van der Waals surface area contributed by atoms with Gasteiger partial charge in [0.1, 0.15) is 17.7 Å². The molecule has 0 radical (unpaired) electrons. The van der Waals surface area contributed by atoms with Crippen LogP contribution in [0.4, 0.5) is 9.59 Å². The summed E-state index contributed by atoms with van der Waals surface area (Å²) in [5, 5.41) is 16.2. The lowest BCUT2D eigenvalue weighted by atomic mass is 10.1. The molecule has 11 nitrogen and oxygen atoms in total. The van der Waals surface area contributed by atoms with Crippen molar-refractivity contribution in [2.45, 2.75) is 37.8 Å². The van der Waals surface area contributed by atoms with Gasteiger partial charge < -0.3 is 14.4 Å². The van der Waals surface area contributed by atoms with Gasteiger partial charge in [-0.05, 0) is 60.9 Å². The predicted octanol–water partition coefficient (Wildman–Crippen LogP) is 5.62. The zero-order chi connectivity index (χ0) is 31.7. The Morgan fingerprint density at radius 1 is 1.00 bits per heavy atom. The number of benzene rings is 3. The molecule has 2 amide bonds. The number of amidine groups is 1. The van der Waals surface area contributed by atoms with Gasteiger partial charge in [-0.3, -0.25) is 15.7 Å². The van der Waals surface area contributed by atoms with Crippen LogP contribution in [0.5, 0.6) is 5.75 Å². The van der Waals surface area contributed by atoms with Gasteiger partial charge >= 0.3 is 12.2 Å². The summed E-state index contributed by atoms with van der Waals surface area (Å²) in [6, 6.07) is 25.1. The summed E-state index contributed by atoms with van der Waals surface area (Å²) < 4.78 is 34.9. The molecule has 1 atom stereocenters. The molecular formula is C32H33N5O6S. The summed E-state index contributed by atoms with van der Waals surface area (Å²) >= 11 is 0. The lowest BCUT2D eigenvalue weighted by Gasteiger charge is -2.22. The number of carbonyl (C=O) groups excluding carboxylic acids is 2. The van der Waals surface area contributed by atoms with Gasteiger partial charge in [0.05, 0.1) is 10.6 Å². The third kappa shape index (κ3) is 8.49. The zero-order valence-electron chi connectivity index (χ0n) is 24.3. The number of sulfonamides is 1. The van der Waals surface area contributed by atoms with E-state index in [1.165, 1.54) is 11.0 Å². The van der Waals surface area contributed by atoms with Crippen molar-refractivity contribution in [3.63, 3.8) is 0 Å². The third-order valence-corrected chi connectivity index (χ3v) is 7.49. The van der Waals surface area contributed by atoms with Crippen molar-refractivity contribution in [2.75, 3.05) is 6.54 Å². The minimum atomic E-state index is -3.92. The van der Waals surface area contributed by atoms with Crippen LogP contribution in [0.15, 0.2) is 102 Å². The van der Waals surface area contributed by atoms with Crippen LogP contribution in [-0.4, -0.2) is 42.9 Å². The number of carbonyl (C=O) groups is 2. The molecule has 1 unspecified atom stereocenters. The average molecular weight is 616 g/mol. The number of ether oxygens (including phenoxy) is 2. The summed E-state index contributed by atoms with van der Waals surface area (Å²) in [4.78, 5) is 31.2. The van der Waals surface area contributed by atoms with Crippen molar-refractivity contribution >= 4 is 28.0 Å². The van der Waals surface area contributed by atoms with Crippen molar-refractivity contribution in [2.24, 2.45) is 5.14 Å². The van der Waals surface area contributed by atoms with E-state index >= 15 is 0 Å². The van der Waals surface area contributed by atoms with E-state index in [0.29, 0.717) is 35.3 Å². The van der Waals surface area contributed by atoms with Gasteiger partial charge in [-0.2, -0.15) is 0 Å². The largest absolute Gasteiger partial charge is 0.440 e. The lowest BCUT2D eigenvalue weighted by molar-refractivity contribution is 0.110. The highest BCUT2D eigenvalue weighted by atomic mass is 32.2. The molecule has 0 aliphatic rings. The van der Waals surface area contributed by atoms with Gasteiger partial charge in [-0.15, -0.1) is 0 Å². The summed E-state index contributed by atoms with van der Waals surface area (Å²) in [7, 11) is -3.92. The molecule has 1 heterocycles. The number of rotatable bonds is 10. The van der Waals surface area contributed by atoms with Gasteiger partial charge in [-0.25, -0.2) is 23.1 Å². The lowest BCUT2D eigenvalue weighted by Crippen LogP contribution is -2.34. The molecule has 4 N–H and O–H groups in total. The molecule has 4 rings (SSSR count). The molecule has 0 aliphatic heterocycles. The number of nitrogens with zero attached hydrogens (tertiary/aromatic N) is 2. The van der Waals surface area contributed by atoms with E-state index in [2.05, 4.69) is 10.3 Å². The maximum Gasteiger partial charge on any atom is 0.415 e. The molecule has 44 heavy (non-hydrogen) atoms. The average Bonchev–Trinajstić information content (AvgIpc) is 3.01. The van der Waals surface area contributed by atoms with E-state index < -0.39 is 28.3 Å². The molecule has 228 valence electrons. The zero-order valence-corrected chi connectivity index (χ0v) is 25.1. The van der Waals surface area contributed by atoms with Crippen molar-refractivity contribution < 1.29 is 27.5 Å². The first kappa shape index (κ1) is 31.9. The second-order valence-electron chi connectivity index (χ2n) is 9.86. The van der Waals surface area contributed by atoms with Gasteiger partial charge in [0.25, 0.3) is 0 Å².